The van der Waals surface area contributed by atoms with E-state index < -0.39 is 0 Å². The first-order valence-corrected chi connectivity index (χ1v) is 5.35. The number of hydrogen-bond donors (Lipinski definition) is 0. The third-order valence-electron chi connectivity index (χ3n) is 1.88. The second-order valence-electron chi connectivity index (χ2n) is 2.70. The van der Waals surface area contributed by atoms with Crippen LogP contribution in [0.3, 0.4) is 0 Å². The molecule has 1 rings (SSSR count). The molecule has 0 aliphatic carbocycles. The number of rotatable bonds is 1. The third-order valence-corrected chi connectivity index (χ3v) is 2.93. The quantitative estimate of drug-likeness (QED) is 0.597. The Morgan fingerprint density at radius 1 is 1.45 bits per heavy atom. The van der Waals surface area contributed by atoms with Crippen molar-refractivity contribution >= 4 is 17.7 Å². The third kappa shape index (κ3) is 2.73. The molecule has 0 saturated carbocycles. The minimum atomic E-state index is 0.313. The Labute approximate surface area is 72.3 Å². The molecule has 0 aromatic rings. The van der Waals surface area contributed by atoms with Gasteiger partial charge in [0.15, 0.2) is 0 Å². The molecule has 0 aromatic heterocycles. The van der Waals surface area contributed by atoms with Crippen LogP contribution in [0, 0.1) is 0 Å². The van der Waals surface area contributed by atoms with Crippen molar-refractivity contribution < 1.29 is 4.79 Å². The van der Waals surface area contributed by atoms with Crippen molar-refractivity contribution in [2.75, 3.05) is 24.6 Å². The fourth-order valence-corrected chi connectivity index (χ4v) is 2.11. The number of nitrogens with zero attached hydrogens (tertiary/aromatic N) is 1. The number of hydrogen-bond acceptors (Lipinski definition) is 2. The lowest BCUT2D eigenvalue weighted by Crippen LogP contribution is -2.32. The molecule has 1 aliphatic rings. The summed E-state index contributed by atoms with van der Waals surface area (Å²) in [6.45, 7) is 3.86. The molecule has 0 spiro atoms. The molecule has 0 unspecified atom stereocenters. The van der Waals surface area contributed by atoms with Gasteiger partial charge in [0.1, 0.15) is 0 Å². The molecule has 0 radical (unpaired) electrons. The van der Waals surface area contributed by atoms with Gasteiger partial charge in [-0.1, -0.05) is 6.92 Å². The van der Waals surface area contributed by atoms with Crippen molar-refractivity contribution in [2.24, 2.45) is 0 Å². The Hall–Kier alpha value is -0.180. The monoisotopic (exact) mass is 173 g/mol. The van der Waals surface area contributed by atoms with E-state index in [1.165, 1.54) is 5.75 Å². The predicted molar refractivity (Wildman–Crippen MR) is 48.8 cm³/mol. The Bertz CT molecular complexity index is 130. The minimum Gasteiger partial charge on any atom is -0.342 e. The largest absolute Gasteiger partial charge is 0.342 e. The summed E-state index contributed by atoms with van der Waals surface area (Å²) in [5, 5.41) is 0. The molecule has 0 atom stereocenters. The van der Waals surface area contributed by atoms with Crippen molar-refractivity contribution in [1.82, 2.24) is 4.90 Å². The molecule has 1 fully saturated rings. The van der Waals surface area contributed by atoms with Crippen LogP contribution >= 0.6 is 11.8 Å². The van der Waals surface area contributed by atoms with Gasteiger partial charge >= 0.3 is 0 Å². The number of carbonyl (C=O) groups excluding carboxylic acids is 1. The van der Waals surface area contributed by atoms with Gasteiger partial charge in [-0.2, -0.15) is 11.8 Å². The summed E-state index contributed by atoms with van der Waals surface area (Å²) in [7, 11) is 0. The zero-order chi connectivity index (χ0) is 8.10. The van der Waals surface area contributed by atoms with Gasteiger partial charge in [-0.25, -0.2) is 0 Å². The van der Waals surface area contributed by atoms with Crippen LogP contribution in [0.1, 0.15) is 19.8 Å². The molecule has 11 heavy (non-hydrogen) atoms. The van der Waals surface area contributed by atoms with Crippen molar-refractivity contribution in [3.05, 3.63) is 0 Å². The lowest BCUT2D eigenvalue weighted by molar-refractivity contribution is -0.130. The fourth-order valence-electron chi connectivity index (χ4n) is 1.22. The fraction of sp³-hybridized carbons (Fsp3) is 0.875. The van der Waals surface area contributed by atoms with E-state index in [4.69, 9.17) is 0 Å². The van der Waals surface area contributed by atoms with Gasteiger partial charge in [0.2, 0.25) is 5.91 Å². The average Bonchev–Trinajstić information content (AvgIpc) is 2.30. The smallest absolute Gasteiger partial charge is 0.222 e. The molecule has 1 aliphatic heterocycles. The zero-order valence-electron chi connectivity index (χ0n) is 7.01. The first-order chi connectivity index (χ1) is 5.34. The Morgan fingerprint density at radius 3 is 3.00 bits per heavy atom. The number of amides is 1. The molecule has 1 amide bonds. The second kappa shape index (κ2) is 4.65. The first-order valence-electron chi connectivity index (χ1n) is 4.20. The van der Waals surface area contributed by atoms with Crippen molar-refractivity contribution in [3.8, 4) is 0 Å². The van der Waals surface area contributed by atoms with E-state index >= 15 is 0 Å². The highest BCUT2D eigenvalue weighted by atomic mass is 32.2. The molecular formula is C8H15NOS. The predicted octanol–water partition coefficient (Wildman–Crippen LogP) is 1.36. The Balaban J connectivity index is 2.36. The molecule has 0 N–H and O–H groups in total. The molecule has 1 saturated heterocycles. The van der Waals surface area contributed by atoms with Crippen LogP contribution in [0.2, 0.25) is 0 Å². The van der Waals surface area contributed by atoms with Crippen LogP contribution in [0.15, 0.2) is 0 Å². The standard InChI is InChI=1S/C8H15NOS/c1-2-8(10)9-4-3-6-11-7-5-9/h2-7H2,1H3. The normalized spacial score (nSPS) is 19.5. The van der Waals surface area contributed by atoms with Gasteiger partial charge in [-0.3, -0.25) is 4.79 Å². The lowest BCUT2D eigenvalue weighted by atomic mass is 10.3. The highest BCUT2D eigenvalue weighted by molar-refractivity contribution is 7.99. The van der Waals surface area contributed by atoms with Gasteiger partial charge in [-0.05, 0) is 12.2 Å². The van der Waals surface area contributed by atoms with Gasteiger partial charge < -0.3 is 4.90 Å². The summed E-state index contributed by atoms with van der Waals surface area (Å²) in [5.41, 5.74) is 0. The number of thioether (sulfide) groups is 1. The van der Waals surface area contributed by atoms with Crippen LogP contribution < -0.4 is 0 Å². The molecule has 0 bridgehead atoms. The van der Waals surface area contributed by atoms with Crippen molar-refractivity contribution in [3.63, 3.8) is 0 Å². The summed E-state index contributed by atoms with van der Waals surface area (Å²) >= 11 is 1.95. The molecule has 64 valence electrons. The molecule has 2 nitrogen and oxygen atoms in total. The minimum absolute atomic E-state index is 0.313. The summed E-state index contributed by atoms with van der Waals surface area (Å²) in [5.74, 6) is 2.65. The number of carbonyl (C=O) groups is 1. The SMILES string of the molecule is CCC(=O)N1CCCSCC1. The highest BCUT2D eigenvalue weighted by Gasteiger charge is 2.12. The van der Waals surface area contributed by atoms with E-state index in [0.717, 1.165) is 25.3 Å². The Morgan fingerprint density at radius 2 is 2.27 bits per heavy atom. The van der Waals surface area contributed by atoms with E-state index in [9.17, 15) is 4.79 Å². The maximum Gasteiger partial charge on any atom is 0.222 e. The Kier molecular flexibility index (Phi) is 3.77. The van der Waals surface area contributed by atoms with E-state index in [1.54, 1.807) is 0 Å². The second-order valence-corrected chi connectivity index (χ2v) is 3.93. The van der Waals surface area contributed by atoms with Gasteiger partial charge in [-0.15, -0.1) is 0 Å². The maximum atomic E-state index is 11.2. The molecule has 3 heteroatoms. The van der Waals surface area contributed by atoms with Crippen molar-refractivity contribution in [1.29, 1.82) is 0 Å². The van der Waals surface area contributed by atoms with Crippen molar-refractivity contribution in [2.45, 2.75) is 19.8 Å². The van der Waals surface area contributed by atoms with Crippen LogP contribution in [-0.2, 0) is 4.79 Å². The van der Waals surface area contributed by atoms with Gasteiger partial charge in [0.05, 0.1) is 0 Å². The topological polar surface area (TPSA) is 20.3 Å². The van der Waals surface area contributed by atoms with E-state index in [2.05, 4.69) is 0 Å². The average molecular weight is 173 g/mol. The first kappa shape index (κ1) is 8.91. The summed E-state index contributed by atoms with van der Waals surface area (Å²) in [4.78, 5) is 13.2. The summed E-state index contributed by atoms with van der Waals surface area (Å²) in [6, 6.07) is 0. The van der Waals surface area contributed by atoms with Gasteiger partial charge in [0.25, 0.3) is 0 Å². The van der Waals surface area contributed by atoms with Crippen LogP contribution in [0.25, 0.3) is 0 Å². The van der Waals surface area contributed by atoms with Crippen LogP contribution in [0.5, 0.6) is 0 Å². The molecule has 0 aromatic carbocycles. The van der Waals surface area contributed by atoms with E-state index in [-0.39, 0.29) is 0 Å². The maximum absolute atomic E-state index is 11.2. The summed E-state index contributed by atoms with van der Waals surface area (Å²) < 4.78 is 0. The van der Waals surface area contributed by atoms with E-state index in [1.807, 2.05) is 23.6 Å². The molecule has 1 heterocycles. The van der Waals surface area contributed by atoms with Crippen LogP contribution in [-0.4, -0.2) is 35.4 Å². The highest BCUT2D eigenvalue weighted by Crippen LogP contribution is 2.10. The zero-order valence-corrected chi connectivity index (χ0v) is 7.82. The lowest BCUT2D eigenvalue weighted by Gasteiger charge is -2.18. The molecular weight excluding hydrogens is 158 g/mol. The van der Waals surface area contributed by atoms with Crippen LogP contribution in [0.4, 0.5) is 0 Å². The van der Waals surface area contributed by atoms with Gasteiger partial charge in [0, 0.05) is 25.3 Å². The summed E-state index contributed by atoms with van der Waals surface area (Å²) in [6.07, 6.45) is 1.82. The van der Waals surface area contributed by atoms with E-state index in [0.29, 0.717) is 12.3 Å².